The van der Waals surface area contributed by atoms with Crippen LogP contribution in [0.2, 0.25) is 0 Å². The highest BCUT2D eigenvalue weighted by Crippen LogP contribution is 2.14. The van der Waals surface area contributed by atoms with Gasteiger partial charge in [-0.15, -0.1) is 0 Å². The van der Waals surface area contributed by atoms with Crippen LogP contribution >= 0.6 is 0 Å². The van der Waals surface area contributed by atoms with Gasteiger partial charge in [0.1, 0.15) is 0 Å². The maximum atomic E-state index is 11.3. The highest BCUT2D eigenvalue weighted by atomic mass is 32.2. The van der Waals surface area contributed by atoms with E-state index in [2.05, 4.69) is 9.82 Å². The Labute approximate surface area is 84.2 Å². The Morgan fingerprint density at radius 1 is 1.50 bits per heavy atom. The van der Waals surface area contributed by atoms with Crippen molar-refractivity contribution in [2.24, 2.45) is 0 Å². The van der Waals surface area contributed by atoms with Crippen molar-refractivity contribution >= 4 is 15.7 Å². The van der Waals surface area contributed by atoms with Crippen LogP contribution < -0.4 is 4.72 Å². The Bertz CT molecular complexity index is 408. The molecule has 6 heteroatoms. The number of nitrogens with one attached hydrogen (secondary N) is 1. The standard InChI is InChI=1S/C8H15N3O2S/c1-4-11-7(3)8(6-9-11)10-14(12,13)5-2/h6,10H,4-5H2,1-3H3. The number of hydrogen-bond donors (Lipinski definition) is 1. The number of aryl methyl sites for hydroxylation is 1. The second-order valence-corrected chi connectivity index (χ2v) is 4.98. The van der Waals surface area contributed by atoms with Gasteiger partial charge in [0, 0.05) is 6.54 Å². The van der Waals surface area contributed by atoms with Crippen molar-refractivity contribution in [3.63, 3.8) is 0 Å². The Balaban J connectivity index is 2.93. The molecule has 0 aliphatic rings. The lowest BCUT2D eigenvalue weighted by Gasteiger charge is -2.05. The first-order chi connectivity index (χ1) is 6.50. The molecule has 0 atom stereocenters. The largest absolute Gasteiger partial charge is 0.280 e. The summed E-state index contributed by atoms with van der Waals surface area (Å²) in [6, 6.07) is 0. The smallest absolute Gasteiger partial charge is 0.232 e. The molecule has 1 aromatic heterocycles. The van der Waals surface area contributed by atoms with Crippen molar-refractivity contribution in [1.29, 1.82) is 0 Å². The maximum Gasteiger partial charge on any atom is 0.232 e. The van der Waals surface area contributed by atoms with E-state index in [4.69, 9.17) is 0 Å². The Morgan fingerprint density at radius 3 is 2.57 bits per heavy atom. The Morgan fingerprint density at radius 2 is 2.14 bits per heavy atom. The van der Waals surface area contributed by atoms with Gasteiger partial charge < -0.3 is 0 Å². The van der Waals surface area contributed by atoms with Gasteiger partial charge in [-0.05, 0) is 20.8 Å². The number of nitrogens with zero attached hydrogens (tertiary/aromatic N) is 2. The van der Waals surface area contributed by atoms with E-state index in [1.54, 1.807) is 11.6 Å². The van der Waals surface area contributed by atoms with Crippen LogP contribution in [0.5, 0.6) is 0 Å². The van der Waals surface area contributed by atoms with Crippen LogP contribution in [0.1, 0.15) is 19.5 Å². The first kappa shape index (κ1) is 11.0. The molecule has 0 amide bonds. The zero-order chi connectivity index (χ0) is 10.8. The van der Waals surface area contributed by atoms with Gasteiger partial charge in [-0.3, -0.25) is 9.40 Å². The molecule has 1 N–H and O–H groups in total. The van der Waals surface area contributed by atoms with Gasteiger partial charge in [-0.2, -0.15) is 5.10 Å². The van der Waals surface area contributed by atoms with Gasteiger partial charge in [0.15, 0.2) is 0 Å². The summed E-state index contributed by atoms with van der Waals surface area (Å²) in [6.45, 7) is 6.13. The van der Waals surface area contributed by atoms with Gasteiger partial charge in [-0.25, -0.2) is 8.42 Å². The predicted molar refractivity (Wildman–Crippen MR) is 55.7 cm³/mol. The minimum atomic E-state index is -3.19. The molecular weight excluding hydrogens is 202 g/mol. The van der Waals surface area contributed by atoms with E-state index in [0.717, 1.165) is 12.2 Å². The van der Waals surface area contributed by atoms with Gasteiger partial charge >= 0.3 is 0 Å². The van der Waals surface area contributed by atoms with E-state index >= 15 is 0 Å². The fraction of sp³-hybridized carbons (Fsp3) is 0.625. The van der Waals surface area contributed by atoms with E-state index in [0.29, 0.717) is 5.69 Å². The lowest BCUT2D eigenvalue weighted by atomic mass is 10.4. The predicted octanol–water partition coefficient (Wildman–Crippen LogP) is 0.973. The normalized spacial score (nSPS) is 11.6. The molecule has 0 bridgehead atoms. The number of rotatable bonds is 4. The highest BCUT2D eigenvalue weighted by molar-refractivity contribution is 7.92. The van der Waals surface area contributed by atoms with Crippen LogP contribution in [-0.4, -0.2) is 24.0 Å². The molecular formula is C8H15N3O2S. The topological polar surface area (TPSA) is 64.0 Å². The minimum absolute atomic E-state index is 0.0732. The lowest BCUT2D eigenvalue weighted by molar-refractivity contribution is 0.602. The zero-order valence-corrected chi connectivity index (χ0v) is 9.43. The highest BCUT2D eigenvalue weighted by Gasteiger charge is 2.11. The Hall–Kier alpha value is -1.04. The van der Waals surface area contributed by atoms with E-state index in [9.17, 15) is 8.42 Å². The SMILES string of the molecule is CCn1ncc(NS(=O)(=O)CC)c1C. The summed E-state index contributed by atoms with van der Waals surface area (Å²) in [4.78, 5) is 0. The lowest BCUT2D eigenvalue weighted by Crippen LogP contribution is -2.15. The molecule has 0 fully saturated rings. The molecule has 0 saturated heterocycles. The molecule has 5 nitrogen and oxygen atoms in total. The van der Waals surface area contributed by atoms with Crippen molar-refractivity contribution in [2.75, 3.05) is 10.5 Å². The molecule has 14 heavy (non-hydrogen) atoms. The van der Waals surface area contributed by atoms with Gasteiger partial charge in [0.05, 0.1) is 23.3 Å². The van der Waals surface area contributed by atoms with Crippen molar-refractivity contribution in [2.45, 2.75) is 27.3 Å². The van der Waals surface area contributed by atoms with Gasteiger partial charge in [0.25, 0.3) is 0 Å². The van der Waals surface area contributed by atoms with E-state index in [1.807, 2.05) is 13.8 Å². The summed E-state index contributed by atoms with van der Waals surface area (Å²) in [6.07, 6.45) is 1.53. The second kappa shape index (κ2) is 4.00. The van der Waals surface area contributed by atoms with Crippen LogP contribution in [0.3, 0.4) is 0 Å². The Kier molecular flexibility index (Phi) is 3.15. The third kappa shape index (κ3) is 2.25. The zero-order valence-electron chi connectivity index (χ0n) is 8.61. The summed E-state index contributed by atoms with van der Waals surface area (Å²) < 4.78 is 26.8. The van der Waals surface area contributed by atoms with Crippen LogP contribution in [0.25, 0.3) is 0 Å². The second-order valence-electron chi connectivity index (χ2n) is 2.96. The first-order valence-electron chi connectivity index (χ1n) is 4.53. The van der Waals surface area contributed by atoms with Crippen molar-refractivity contribution in [3.8, 4) is 0 Å². The van der Waals surface area contributed by atoms with Crippen molar-refractivity contribution in [1.82, 2.24) is 9.78 Å². The summed E-state index contributed by atoms with van der Waals surface area (Å²) in [5, 5.41) is 4.04. The molecule has 1 aromatic rings. The quantitative estimate of drug-likeness (QED) is 0.817. The molecule has 0 spiro atoms. The average Bonchev–Trinajstić information content (AvgIpc) is 2.47. The van der Waals surface area contributed by atoms with Crippen LogP contribution in [0, 0.1) is 6.92 Å². The molecule has 0 aliphatic carbocycles. The summed E-state index contributed by atoms with van der Waals surface area (Å²) in [5.41, 5.74) is 1.40. The molecule has 0 unspecified atom stereocenters. The molecule has 1 rings (SSSR count). The average molecular weight is 217 g/mol. The number of anilines is 1. The van der Waals surface area contributed by atoms with E-state index < -0.39 is 10.0 Å². The summed E-state index contributed by atoms with van der Waals surface area (Å²) in [5.74, 6) is 0.0732. The molecule has 80 valence electrons. The molecule has 0 radical (unpaired) electrons. The maximum absolute atomic E-state index is 11.3. The fourth-order valence-corrected chi connectivity index (χ4v) is 1.79. The van der Waals surface area contributed by atoms with E-state index in [1.165, 1.54) is 6.20 Å². The van der Waals surface area contributed by atoms with E-state index in [-0.39, 0.29) is 5.75 Å². The van der Waals surface area contributed by atoms with Crippen LogP contribution in [0.15, 0.2) is 6.20 Å². The molecule has 0 aromatic carbocycles. The monoisotopic (exact) mass is 217 g/mol. The third-order valence-corrected chi connectivity index (χ3v) is 3.34. The summed E-state index contributed by atoms with van der Waals surface area (Å²) >= 11 is 0. The molecule has 1 heterocycles. The minimum Gasteiger partial charge on any atom is -0.280 e. The van der Waals surface area contributed by atoms with Crippen LogP contribution in [-0.2, 0) is 16.6 Å². The summed E-state index contributed by atoms with van der Waals surface area (Å²) in [7, 11) is -3.19. The van der Waals surface area contributed by atoms with Gasteiger partial charge in [-0.1, -0.05) is 0 Å². The van der Waals surface area contributed by atoms with Gasteiger partial charge in [0.2, 0.25) is 10.0 Å². The van der Waals surface area contributed by atoms with Crippen molar-refractivity contribution < 1.29 is 8.42 Å². The number of sulfonamides is 1. The first-order valence-corrected chi connectivity index (χ1v) is 6.18. The van der Waals surface area contributed by atoms with Crippen molar-refractivity contribution in [3.05, 3.63) is 11.9 Å². The molecule has 0 saturated carbocycles. The fourth-order valence-electron chi connectivity index (χ4n) is 1.11. The third-order valence-electron chi connectivity index (χ3n) is 2.05. The number of aromatic nitrogens is 2. The van der Waals surface area contributed by atoms with Crippen LogP contribution in [0.4, 0.5) is 5.69 Å². The number of hydrogen-bond acceptors (Lipinski definition) is 3. The molecule has 0 aliphatic heterocycles.